The van der Waals surface area contributed by atoms with Crippen LogP contribution < -0.4 is 0 Å². The van der Waals surface area contributed by atoms with E-state index in [0.29, 0.717) is 0 Å². The average molecular weight is 128 g/mol. The summed E-state index contributed by atoms with van der Waals surface area (Å²) < 4.78 is 21.6. The van der Waals surface area contributed by atoms with Crippen molar-refractivity contribution in [3.8, 4) is 0 Å². The average Bonchev–Trinajstić information content (AvgIpc) is 1.35. The number of rotatable bonds is 1. The van der Waals surface area contributed by atoms with Gasteiger partial charge in [-0.15, -0.1) is 0 Å². The molecule has 0 aromatic rings. The third-order valence-corrected chi connectivity index (χ3v) is 0.755. The predicted octanol–water partition coefficient (Wildman–Crippen LogP) is 0.171. The van der Waals surface area contributed by atoms with Crippen molar-refractivity contribution in [2.75, 3.05) is 0 Å². The van der Waals surface area contributed by atoms with E-state index < -0.39 is 9.24 Å². The summed E-state index contributed by atoms with van der Waals surface area (Å²) in [6.45, 7) is 2.66. The normalized spacial score (nSPS) is 10.8. The van der Waals surface area contributed by atoms with E-state index in [9.17, 15) is 8.42 Å². The second-order valence-corrected chi connectivity index (χ2v) is 2.79. The molecular weight excluding hydrogens is 126 g/mol. The molecule has 0 unspecified atom stereocenters. The monoisotopic (exact) mass is 127 g/mol. The van der Waals surface area contributed by atoms with Crippen LogP contribution in [0.1, 0.15) is 0 Å². The second kappa shape index (κ2) is 1.57. The zero-order valence-electron chi connectivity index (χ0n) is 2.76. The molecule has 3 nitrogen and oxygen atoms in total. The van der Waals surface area contributed by atoms with Gasteiger partial charge in [0.2, 0.25) is 0 Å². The first-order valence-electron chi connectivity index (χ1n) is 0.986. The molecule has 0 saturated heterocycles. The van der Waals surface area contributed by atoms with E-state index in [4.69, 9.17) is 0 Å². The van der Waals surface area contributed by atoms with Gasteiger partial charge in [-0.2, -0.15) is 12.8 Å². The van der Waals surface area contributed by atoms with Crippen LogP contribution in [0, 0.1) is 0 Å². The molecule has 0 radical (unpaired) electrons. The third kappa shape index (κ3) is 3.91. The van der Waals surface area contributed by atoms with Crippen molar-refractivity contribution in [3.63, 3.8) is 0 Å². The highest BCUT2D eigenvalue weighted by molar-refractivity contribution is 8.12. The Balaban J connectivity index is 4.25. The Hall–Kier alpha value is -0.0900. The highest BCUT2D eigenvalue weighted by atomic mass is 35.7. The lowest BCUT2D eigenvalue weighted by molar-refractivity contribution is 0.611. The van der Waals surface area contributed by atoms with Gasteiger partial charge in [0.15, 0.2) is 0 Å². The molecule has 0 rings (SSSR count). The summed E-state index contributed by atoms with van der Waals surface area (Å²) in [6, 6.07) is 0. The van der Waals surface area contributed by atoms with Crippen molar-refractivity contribution in [2.24, 2.45) is 4.40 Å². The summed E-state index contributed by atoms with van der Waals surface area (Å²) in [4.78, 5) is 0. The molecule has 0 aromatic carbocycles. The zero-order valence-corrected chi connectivity index (χ0v) is 4.33. The molecule has 0 atom stereocenters. The van der Waals surface area contributed by atoms with Crippen molar-refractivity contribution < 1.29 is 8.42 Å². The maximum absolute atomic E-state index is 9.54. The number of halogens is 1. The molecule has 0 aliphatic heterocycles. The first-order valence-corrected chi connectivity index (χ1v) is 3.25. The lowest BCUT2D eigenvalue weighted by Gasteiger charge is -1.70. The summed E-state index contributed by atoms with van der Waals surface area (Å²) in [6.07, 6.45) is 0. The number of hydrogen-bond donors (Lipinski definition) is 0. The largest absolute Gasteiger partial charge is 0.339 e. The first-order chi connectivity index (χ1) is 2.56. The molecule has 0 bridgehead atoms. The Morgan fingerprint density at radius 3 is 1.83 bits per heavy atom. The van der Waals surface area contributed by atoms with E-state index in [2.05, 4.69) is 21.8 Å². The van der Waals surface area contributed by atoms with Gasteiger partial charge in [-0.05, 0) is 0 Å². The smallest absolute Gasteiger partial charge is 0.187 e. The Morgan fingerprint density at radius 2 is 1.83 bits per heavy atom. The van der Waals surface area contributed by atoms with Crippen LogP contribution in [0.5, 0.6) is 0 Å². The lowest BCUT2D eigenvalue weighted by Crippen LogP contribution is -1.75. The molecule has 0 heterocycles. The molecule has 0 aliphatic carbocycles. The van der Waals surface area contributed by atoms with Crippen LogP contribution in [0.4, 0.5) is 0 Å². The molecule has 0 saturated carbocycles. The quantitative estimate of drug-likeness (QED) is 0.372. The molecule has 0 amide bonds. The Morgan fingerprint density at radius 1 is 1.67 bits per heavy atom. The number of nitrogens with zero attached hydrogens (tertiary/aromatic N) is 1. The first kappa shape index (κ1) is 5.91. The van der Waals surface area contributed by atoms with Crippen molar-refractivity contribution in [1.82, 2.24) is 0 Å². The van der Waals surface area contributed by atoms with Crippen LogP contribution in [0.2, 0.25) is 0 Å². The number of hydrogen-bond acceptors (Lipinski definition) is 2. The van der Waals surface area contributed by atoms with Crippen LogP contribution >= 0.6 is 10.7 Å². The van der Waals surface area contributed by atoms with Crippen molar-refractivity contribution in [1.29, 1.82) is 0 Å². The van der Waals surface area contributed by atoms with Crippen LogP contribution in [0.25, 0.3) is 0 Å². The maximum atomic E-state index is 9.54. The maximum Gasteiger partial charge on any atom is 0.339 e. The fourth-order valence-corrected chi connectivity index (χ4v) is 0. The molecule has 0 spiro atoms. The van der Waals surface area contributed by atoms with Gasteiger partial charge in [-0.25, -0.2) is 0 Å². The van der Waals surface area contributed by atoms with Gasteiger partial charge in [0, 0.05) is 17.4 Å². The third-order valence-electron chi connectivity index (χ3n) is 0.154. The Bertz CT molecular complexity index is 124. The van der Waals surface area contributed by atoms with Gasteiger partial charge >= 0.3 is 9.24 Å². The van der Waals surface area contributed by atoms with Gasteiger partial charge in [0.05, 0.1) is 0 Å². The van der Waals surface area contributed by atoms with Gasteiger partial charge in [0.25, 0.3) is 0 Å². The summed E-state index contributed by atoms with van der Waals surface area (Å²) in [5, 5.41) is 0. The van der Waals surface area contributed by atoms with Gasteiger partial charge in [0.1, 0.15) is 0 Å². The summed E-state index contributed by atoms with van der Waals surface area (Å²) in [7, 11) is 0.785. The lowest BCUT2D eigenvalue weighted by atomic mass is 11.8. The van der Waals surface area contributed by atoms with Crippen LogP contribution in [-0.2, 0) is 9.24 Å². The summed E-state index contributed by atoms with van der Waals surface area (Å²) in [5.74, 6) is 0. The minimum Gasteiger partial charge on any atom is -0.187 e. The fraction of sp³-hybridized carbons (Fsp3) is 0. The SMILES string of the molecule is C=NS(=O)(=O)Cl. The van der Waals surface area contributed by atoms with E-state index in [1.807, 2.05) is 0 Å². The minimum absolute atomic E-state index is 2.51. The van der Waals surface area contributed by atoms with Gasteiger partial charge in [-0.1, -0.05) is 0 Å². The molecule has 0 N–H and O–H groups in total. The fourth-order valence-electron chi connectivity index (χ4n) is 0. The van der Waals surface area contributed by atoms with Crippen LogP contribution in [0.15, 0.2) is 4.40 Å². The molecule has 0 fully saturated rings. The highest BCUT2D eigenvalue weighted by Crippen LogP contribution is 1.92. The predicted molar refractivity (Wildman–Crippen MR) is 24.3 cm³/mol. The molecule has 36 valence electrons. The van der Waals surface area contributed by atoms with Crippen molar-refractivity contribution in [2.45, 2.75) is 0 Å². The van der Waals surface area contributed by atoms with Crippen molar-refractivity contribution in [3.05, 3.63) is 0 Å². The summed E-state index contributed by atoms with van der Waals surface area (Å²) >= 11 is 0. The van der Waals surface area contributed by atoms with Gasteiger partial charge < -0.3 is 0 Å². The minimum atomic E-state index is -3.68. The molecular formula is CH2ClNO2S. The standard InChI is InChI=1S/CH2ClNO2S/c1-3-6(2,4)5/h1H2. The van der Waals surface area contributed by atoms with Gasteiger partial charge in [-0.3, -0.25) is 0 Å². The zero-order chi connectivity index (χ0) is 5.21. The topological polar surface area (TPSA) is 46.5 Å². The molecule has 6 heavy (non-hydrogen) atoms. The second-order valence-electron chi connectivity index (χ2n) is 0.541. The van der Waals surface area contributed by atoms with E-state index in [1.54, 1.807) is 0 Å². The van der Waals surface area contributed by atoms with E-state index in [0.717, 1.165) is 0 Å². The van der Waals surface area contributed by atoms with Crippen LogP contribution in [0.3, 0.4) is 0 Å². The highest BCUT2D eigenvalue weighted by Gasteiger charge is 1.91. The molecule has 5 heteroatoms. The molecule has 0 aromatic heterocycles. The van der Waals surface area contributed by atoms with E-state index >= 15 is 0 Å². The van der Waals surface area contributed by atoms with Crippen molar-refractivity contribution >= 4 is 26.6 Å². The summed E-state index contributed by atoms with van der Waals surface area (Å²) in [5.41, 5.74) is 0. The van der Waals surface area contributed by atoms with E-state index in [-0.39, 0.29) is 0 Å². The Labute approximate surface area is 40.2 Å². The molecule has 0 aliphatic rings. The van der Waals surface area contributed by atoms with Crippen LogP contribution in [-0.4, -0.2) is 15.1 Å². The Kier molecular flexibility index (Phi) is 1.55. The van der Waals surface area contributed by atoms with E-state index in [1.165, 1.54) is 0 Å².